The Bertz CT molecular complexity index is 168. The second-order valence-electron chi connectivity index (χ2n) is 2.82. The maximum absolute atomic E-state index is 11.2. The normalized spacial score (nSPS) is 16.5. The van der Waals surface area contributed by atoms with Crippen LogP contribution in [0.25, 0.3) is 0 Å². The number of nitrogens with zero attached hydrogens (tertiary/aromatic N) is 1. The van der Waals surface area contributed by atoms with Gasteiger partial charge in [-0.1, -0.05) is 0 Å². The zero-order valence-corrected chi connectivity index (χ0v) is 8.27. The molecule has 0 aromatic carbocycles. The summed E-state index contributed by atoms with van der Waals surface area (Å²) in [6.07, 6.45) is 1.54. The van der Waals surface area contributed by atoms with E-state index >= 15 is 0 Å². The number of Topliss-reactive ketones (excluding diaryl/α,β-unsaturated/α-hetero) is 1. The van der Waals surface area contributed by atoms with Crippen LogP contribution >= 0.6 is 0 Å². The molecule has 0 bridgehead atoms. The Balaban J connectivity index is 3.93. The highest BCUT2D eigenvalue weighted by molar-refractivity contribution is 7.85. The molecular formula is C7H15NO2S. The van der Waals surface area contributed by atoms with E-state index in [1.165, 1.54) is 0 Å². The number of carbonyl (C=O) groups excluding carboxylic acids is 1. The first kappa shape index (κ1) is 10.8. The SMILES string of the molecule is CC(C(=O)CS(C)=O)N(C)C. The Hall–Kier alpha value is -0.220. The monoisotopic (exact) mass is 177 g/mol. The van der Waals surface area contributed by atoms with Crippen LogP contribution in [0.5, 0.6) is 0 Å². The van der Waals surface area contributed by atoms with E-state index in [2.05, 4.69) is 0 Å². The van der Waals surface area contributed by atoms with Gasteiger partial charge >= 0.3 is 0 Å². The molecule has 0 rings (SSSR count). The molecule has 3 nitrogen and oxygen atoms in total. The fraction of sp³-hybridized carbons (Fsp3) is 0.857. The minimum atomic E-state index is -1.01. The number of carbonyl (C=O) groups is 1. The van der Waals surface area contributed by atoms with Crippen LogP contribution < -0.4 is 0 Å². The van der Waals surface area contributed by atoms with Gasteiger partial charge < -0.3 is 0 Å². The van der Waals surface area contributed by atoms with E-state index in [0.717, 1.165) is 0 Å². The summed E-state index contributed by atoms with van der Waals surface area (Å²) in [6, 6.07) is -0.126. The van der Waals surface area contributed by atoms with E-state index in [1.807, 2.05) is 25.9 Å². The van der Waals surface area contributed by atoms with Gasteiger partial charge in [0.25, 0.3) is 0 Å². The van der Waals surface area contributed by atoms with Gasteiger partial charge in [0.2, 0.25) is 0 Å². The summed E-state index contributed by atoms with van der Waals surface area (Å²) >= 11 is 0. The van der Waals surface area contributed by atoms with Crippen LogP contribution in [0.1, 0.15) is 6.92 Å². The predicted molar refractivity (Wildman–Crippen MR) is 47.1 cm³/mol. The number of rotatable bonds is 4. The molecule has 0 aromatic rings. The van der Waals surface area contributed by atoms with Crippen LogP contribution in [-0.2, 0) is 15.6 Å². The summed E-state index contributed by atoms with van der Waals surface area (Å²) in [7, 11) is 2.66. The van der Waals surface area contributed by atoms with Gasteiger partial charge in [-0.2, -0.15) is 0 Å². The van der Waals surface area contributed by atoms with Crippen molar-refractivity contribution in [2.45, 2.75) is 13.0 Å². The lowest BCUT2D eigenvalue weighted by atomic mass is 10.2. The largest absolute Gasteiger partial charge is 0.300 e. The van der Waals surface area contributed by atoms with Gasteiger partial charge in [0.15, 0.2) is 5.78 Å². The summed E-state index contributed by atoms with van der Waals surface area (Å²) in [5.41, 5.74) is 0. The van der Waals surface area contributed by atoms with Gasteiger partial charge in [0, 0.05) is 17.1 Å². The average Bonchev–Trinajstić information content (AvgIpc) is 1.84. The molecule has 0 saturated carbocycles. The van der Waals surface area contributed by atoms with Crippen molar-refractivity contribution in [1.82, 2.24) is 4.90 Å². The van der Waals surface area contributed by atoms with E-state index in [4.69, 9.17) is 0 Å². The van der Waals surface area contributed by atoms with Crippen molar-refractivity contribution in [3.05, 3.63) is 0 Å². The minimum Gasteiger partial charge on any atom is -0.300 e. The van der Waals surface area contributed by atoms with E-state index in [1.54, 1.807) is 6.26 Å². The molecule has 2 atom stereocenters. The Morgan fingerprint density at radius 3 is 2.27 bits per heavy atom. The third-order valence-electron chi connectivity index (χ3n) is 1.59. The van der Waals surface area contributed by atoms with Crippen molar-refractivity contribution in [2.24, 2.45) is 0 Å². The van der Waals surface area contributed by atoms with Crippen LogP contribution in [0.3, 0.4) is 0 Å². The molecule has 0 aliphatic heterocycles. The molecule has 0 spiro atoms. The first-order valence-corrected chi connectivity index (χ1v) is 5.17. The quantitative estimate of drug-likeness (QED) is 0.601. The first-order valence-electron chi connectivity index (χ1n) is 3.44. The molecule has 0 amide bonds. The van der Waals surface area contributed by atoms with Crippen molar-refractivity contribution < 1.29 is 9.00 Å². The lowest BCUT2D eigenvalue weighted by Crippen LogP contribution is -2.35. The smallest absolute Gasteiger partial charge is 0.162 e. The molecule has 0 fully saturated rings. The summed E-state index contributed by atoms with van der Waals surface area (Å²) in [4.78, 5) is 13.0. The zero-order chi connectivity index (χ0) is 9.02. The average molecular weight is 177 g/mol. The lowest BCUT2D eigenvalue weighted by Gasteiger charge is -2.17. The van der Waals surface area contributed by atoms with Crippen molar-refractivity contribution in [3.8, 4) is 0 Å². The summed E-state index contributed by atoms with van der Waals surface area (Å²) in [6.45, 7) is 1.81. The fourth-order valence-corrected chi connectivity index (χ4v) is 1.25. The van der Waals surface area contributed by atoms with Crippen LogP contribution in [-0.4, -0.2) is 47.0 Å². The maximum Gasteiger partial charge on any atom is 0.162 e. The van der Waals surface area contributed by atoms with Crippen molar-refractivity contribution in [3.63, 3.8) is 0 Å². The summed E-state index contributed by atoms with van der Waals surface area (Å²) in [5.74, 6) is 0.204. The Labute approximate surface area is 70.2 Å². The molecule has 0 N–H and O–H groups in total. The van der Waals surface area contributed by atoms with Gasteiger partial charge in [-0.3, -0.25) is 13.9 Å². The van der Waals surface area contributed by atoms with Crippen molar-refractivity contribution in [2.75, 3.05) is 26.1 Å². The van der Waals surface area contributed by atoms with E-state index in [0.29, 0.717) is 0 Å². The Kier molecular flexibility index (Phi) is 4.52. The fourth-order valence-electron chi connectivity index (χ4n) is 0.609. The summed E-state index contributed by atoms with van der Waals surface area (Å²) < 4.78 is 10.7. The topological polar surface area (TPSA) is 37.4 Å². The standard InChI is InChI=1S/C7H15NO2S/c1-6(8(2)3)7(9)5-11(4)10/h6H,5H2,1-4H3. The number of likely N-dealkylation sites (N-methyl/N-ethyl adjacent to an activating group) is 1. The number of ketones is 1. The Morgan fingerprint density at radius 1 is 1.55 bits per heavy atom. The molecule has 66 valence electrons. The maximum atomic E-state index is 11.2. The highest BCUT2D eigenvalue weighted by atomic mass is 32.2. The third kappa shape index (κ3) is 4.27. The first-order chi connectivity index (χ1) is 4.95. The molecule has 0 aromatic heterocycles. The van der Waals surface area contributed by atoms with Gasteiger partial charge in [-0.05, 0) is 21.0 Å². The van der Waals surface area contributed by atoms with E-state index in [9.17, 15) is 9.00 Å². The second kappa shape index (κ2) is 4.62. The van der Waals surface area contributed by atoms with Gasteiger partial charge in [0.05, 0.1) is 11.8 Å². The molecule has 0 saturated heterocycles. The molecule has 0 aliphatic rings. The van der Waals surface area contributed by atoms with Crippen LogP contribution in [0.15, 0.2) is 0 Å². The molecule has 2 unspecified atom stereocenters. The predicted octanol–water partition coefficient (Wildman–Crippen LogP) is -0.116. The molecule has 0 heterocycles. The molecule has 0 aliphatic carbocycles. The van der Waals surface area contributed by atoms with Crippen molar-refractivity contribution >= 4 is 16.6 Å². The highest BCUT2D eigenvalue weighted by Gasteiger charge is 2.15. The second-order valence-corrected chi connectivity index (χ2v) is 4.26. The van der Waals surface area contributed by atoms with Gasteiger partial charge in [0.1, 0.15) is 0 Å². The molecule has 4 heteroatoms. The minimum absolute atomic E-state index is 0.0378. The Morgan fingerprint density at radius 2 is 2.00 bits per heavy atom. The third-order valence-corrected chi connectivity index (χ3v) is 2.28. The molecule has 0 radical (unpaired) electrons. The van der Waals surface area contributed by atoms with Gasteiger partial charge in [-0.25, -0.2) is 0 Å². The zero-order valence-electron chi connectivity index (χ0n) is 7.46. The summed E-state index contributed by atoms with van der Waals surface area (Å²) in [5, 5.41) is 0. The highest BCUT2D eigenvalue weighted by Crippen LogP contribution is 1.94. The van der Waals surface area contributed by atoms with Gasteiger partial charge in [-0.15, -0.1) is 0 Å². The molecule has 11 heavy (non-hydrogen) atoms. The molecular weight excluding hydrogens is 162 g/mol. The van der Waals surface area contributed by atoms with Crippen LogP contribution in [0.2, 0.25) is 0 Å². The van der Waals surface area contributed by atoms with Crippen LogP contribution in [0, 0.1) is 0 Å². The lowest BCUT2D eigenvalue weighted by molar-refractivity contribution is -0.120. The number of hydrogen-bond donors (Lipinski definition) is 0. The van der Waals surface area contributed by atoms with Crippen LogP contribution in [0.4, 0.5) is 0 Å². The van der Waals surface area contributed by atoms with Crippen molar-refractivity contribution in [1.29, 1.82) is 0 Å². The van der Waals surface area contributed by atoms with E-state index in [-0.39, 0.29) is 17.6 Å². The number of hydrogen-bond acceptors (Lipinski definition) is 3. The van der Waals surface area contributed by atoms with E-state index < -0.39 is 10.8 Å².